The summed E-state index contributed by atoms with van der Waals surface area (Å²) in [7, 11) is 0. The third kappa shape index (κ3) is 2.23. The lowest BCUT2D eigenvalue weighted by Crippen LogP contribution is -2.24. The van der Waals surface area contributed by atoms with Crippen molar-refractivity contribution in [3.63, 3.8) is 0 Å². The fourth-order valence-corrected chi connectivity index (χ4v) is 2.76. The lowest BCUT2D eigenvalue weighted by molar-refractivity contribution is -0.384. The number of aliphatic hydroxyl groups is 2. The van der Waals surface area contributed by atoms with Crippen molar-refractivity contribution in [3.05, 3.63) is 40.1 Å². The van der Waals surface area contributed by atoms with E-state index in [0.717, 1.165) is 0 Å². The molecule has 0 radical (unpaired) electrons. The van der Waals surface area contributed by atoms with Crippen molar-refractivity contribution in [3.8, 4) is 12.3 Å². The van der Waals surface area contributed by atoms with Gasteiger partial charge in [0.15, 0.2) is 0 Å². The zero-order valence-electron chi connectivity index (χ0n) is 11.5. The summed E-state index contributed by atoms with van der Waals surface area (Å²) in [6, 6.07) is 4.43. The zero-order chi connectivity index (χ0) is 15.9. The molecule has 7 nitrogen and oxygen atoms in total. The number of nitro benzene ring substituents is 1. The van der Waals surface area contributed by atoms with Crippen LogP contribution in [0.25, 0.3) is 10.9 Å². The summed E-state index contributed by atoms with van der Waals surface area (Å²) in [6.07, 6.45) is 5.58. The first-order valence-corrected chi connectivity index (χ1v) is 6.75. The van der Waals surface area contributed by atoms with Gasteiger partial charge in [-0.2, -0.15) is 0 Å². The first-order valence-electron chi connectivity index (χ1n) is 6.75. The van der Waals surface area contributed by atoms with Gasteiger partial charge in [0, 0.05) is 30.1 Å². The van der Waals surface area contributed by atoms with E-state index in [1.807, 2.05) is 0 Å². The van der Waals surface area contributed by atoms with Crippen LogP contribution in [0.1, 0.15) is 18.2 Å². The summed E-state index contributed by atoms with van der Waals surface area (Å²) in [5, 5.41) is 30.5. The molecule has 2 aromatic rings. The van der Waals surface area contributed by atoms with Gasteiger partial charge in [-0.3, -0.25) is 10.1 Å². The van der Waals surface area contributed by atoms with Gasteiger partial charge in [0.1, 0.15) is 12.3 Å². The number of non-ortho nitro benzene ring substituents is 1. The summed E-state index contributed by atoms with van der Waals surface area (Å²) in [6.45, 7) is -0.273. The minimum Gasteiger partial charge on any atom is -0.394 e. The zero-order valence-corrected chi connectivity index (χ0v) is 11.5. The Balaban J connectivity index is 2.08. The molecule has 1 aromatic carbocycles. The number of terminal acetylenes is 1. The second-order valence-corrected chi connectivity index (χ2v) is 5.17. The smallest absolute Gasteiger partial charge is 0.270 e. The molecule has 3 rings (SSSR count). The minimum atomic E-state index is -0.764. The van der Waals surface area contributed by atoms with Crippen LogP contribution in [-0.2, 0) is 4.74 Å². The Morgan fingerprint density at radius 2 is 2.32 bits per heavy atom. The van der Waals surface area contributed by atoms with Crippen LogP contribution in [0.4, 0.5) is 5.69 Å². The number of ether oxygens (including phenoxy) is 1. The van der Waals surface area contributed by atoms with Crippen molar-refractivity contribution in [2.24, 2.45) is 0 Å². The van der Waals surface area contributed by atoms with Crippen molar-refractivity contribution in [1.29, 1.82) is 0 Å². The number of rotatable bonds is 3. The topological polar surface area (TPSA) is 97.8 Å². The number of nitrogens with zero attached hydrogens (tertiary/aromatic N) is 2. The Labute approximate surface area is 125 Å². The van der Waals surface area contributed by atoms with Gasteiger partial charge in [0.2, 0.25) is 0 Å². The van der Waals surface area contributed by atoms with E-state index >= 15 is 0 Å². The van der Waals surface area contributed by atoms with E-state index in [2.05, 4.69) is 5.92 Å². The molecular formula is C15H14N2O5. The molecule has 1 aromatic heterocycles. The summed E-state index contributed by atoms with van der Waals surface area (Å²) < 4.78 is 7.36. The maximum absolute atomic E-state index is 10.9. The molecule has 0 saturated carbocycles. The van der Waals surface area contributed by atoms with Crippen molar-refractivity contribution in [2.75, 3.05) is 6.61 Å². The number of fused-ring (bicyclic) bond motifs is 1. The molecule has 2 N–H and O–H groups in total. The van der Waals surface area contributed by atoms with E-state index in [1.54, 1.807) is 16.8 Å². The number of aliphatic hydroxyl groups excluding tert-OH is 2. The van der Waals surface area contributed by atoms with Crippen molar-refractivity contribution < 1.29 is 19.9 Å². The first-order chi connectivity index (χ1) is 10.5. The average molecular weight is 302 g/mol. The number of hydrogen-bond acceptors (Lipinski definition) is 5. The van der Waals surface area contributed by atoms with Gasteiger partial charge in [-0.05, 0) is 6.07 Å². The van der Waals surface area contributed by atoms with Gasteiger partial charge in [0.25, 0.3) is 5.69 Å². The van der Waals surface area contributed by atoms with Crippen LogP contribution in [0.2, 0.25) is 0 Å². The van der Waals surface area contributed by atoms with E-state index in [9.17, 15) is 15.2 Å². The fourth-order valence-electron chi connectivity index (χ4n) is 2.76. The van der Waals surface area contributed by atoms with Crippen LogP contribution in [0.15, 0.2) is 24.4 Å². The number of benzene rings is 1. The Morgan fingerprint density at radius 1 is 1.55 bits per heavy atom. The second-order valence-electron chi connectivity index (χ2n) is 5.17. The summed E-state index contributed by atoms with van der Waals surface area (Å²) >= 11 is 0. The summed E-state index contributed by atoms with van der Waals surface area (Å²) in [4.78, 5) is 10.4. The van der Waals surface area contributed by atoms with Gasteiger partial charge in [-0.1, -0.05) is 5.92 Å². The molecule has 1 aliphatic heterocycles. The van der Waals surface area contributed by atoms with E-state index in [-0.39, 0.29) is 12.3 Å². The van der Waals surface area contributed by atoms with Gasteiger partial charge in [0.05, 0.1) is 28.7 Å². The van der Waals surface area contributed by atoms with Gasteiger partial charge >= 0.3 is 0 Å². The van der Waals surface area contributed by atoms with E-state index in [0.29, 0.717) is 22.9 Å². The SMILES string of the molecule is C#Cc1cn([C@H]2C[C@H](O)[C@@H](CO)O2)c2ccc([N+](=O)[O-])cc12. The summed E-state index contributed by atoms with van der Waals surface area (Å²) in [5.74, 6) is 2.51. The molecule has 22 heavy (non-hydrogen) atoms. The number of aromatic nitrogens is 1. The van der Waals surface area contributed by atoms with Crippen molar-refractivity contribution >= 4 is 16.6 Å². The highest BCUT2D eigenvalue weighted by Gasteiger charge is 2.35. The van der Waals surface area contributed by atoms with Crippen LogP contribution in [-0.4, -0.2) is 38.5 Å². The fraction of sp³-hybridized carbons (Fsp3) is 0.333. The van der Waals surface area contributed by atoms with Crippen LogP contribution in [0.3, 0.4) is 0 Å². The van der Waals surface area contributed by atoms with Crippen LogP contribution in [0, 0.1) is 22.5 Å². The lowest BCUT2D eigenvalue weighted by Gasteiger charge is -2.14. The monoisotopic (exact) mass is 302 g/mol. The van der Waals surface area contributed by atoms with E-state index in [1.165, 1.54) is 12.1 Å². The molecule has 1 aliphatic rings. The number of nitro groups is 1. The standard InChI is InChI=1S/C15H14N2O5/c1-2-9-7-16(15-6-13(19)14(8-18)22-15)12-4-3-10(17(20)21)5-11(9)12/h1,3-5,7,13-15,18-19H,6,8H2/t13-,14+,15+/m0/s1. The van der Waals surface area contributed by atoms with Crippen LogP contribution in [0.5, 0.6) is 0 Å². The highest BCUT2D eigenvalue weighted by atomic mass is 16.6. The molecule has 1 saturated heterocycles. The molecule has 3 atom stereocenters. The first kappa shape index (κ1) is 14.5. The number of hydrogen-bond donors (Lipinski definition) is 2. The molecule has 7 heteroatoms. The van der Waals surface area contributed by atoms with Gasteiger partial charge < -0.3 is 19.5 Å². The molecule has 0 bridgehead atoms. The Morgan fingerprint density at radius 3 is 2.91 bits per heavy atom. The van der Waals surface area contributed by atoms with Gasteiger partial charge in [-0.25, -0.2) is 0 Å². The van der Waals surface area contributed by atoms with Crippen LogP contribution < -0.4 is 0 Å². The molecular weight excluding hydrogens is 288 g/mol. The molecule has 114 valence electrons. The maximum Gasteiger partial charge on any atom is 0.270 e. The second kappa shape index (κ2) is 5.42. The molecule has 1 fully saturated rings. The molecule has 0 amide bonds. The Kier molecular flexibility index (Phi) is 3.58. The highest BCUT2D eigenvalue weighted by Crippen LogP contribution is 2.34. The highest BCUT2D eigenvalue weighted by molar-refractivity contribution is 5.88. The predicted molar refractivity (Wildman–Crippen MR) is 78.1 cm³/mol. The van der Waals surface area contributed by atoms with E-state index in [4.69, 9.17) is 16.3 Å². The third-order valence-corrected chi connectivity index (χ3v) is 3.88. The Hall–Kier alpha value is -2.40. The lowest BCUT2D eigenvalue weighted by atomic mass is 10.1. The van der Waals surface area contributed by atoms with E-state index < -0.39 is 23.4 Å². The molecule has 0 spiro atoms. The maximum atomic E-state index is 10.9. The molecule has 0 unspecified atom stereocenters. The average Bonchev–Trinajstić information content (AvgIpc) is 3.06. The predicted octanol–water partition coefficient (Wildman–Crippen LogP) is 1.17. The quantitative estimate of drug-likeness (QED) is 0.504. The summed E-state index contributed by atoms with van der Waals surface area (Å²) in [5.41, 5.74) is 1.17. The third-order valence-electron chi connectivity index (χ3n) is 3.88. The molecule has 2 heterocycles. The van der Waals surface area contributed by atoms with Crippen molar-refractivity contribution in [1.82, 2.24) is 4.57 Å². The Bertz CT molecular complexity index is 776. The minimum absolute atomic E-state index is 0.0395. The largest absolute Gasteiger partial charge is 0.394 e. The van der Waals surface area contributed by atoms with Crippen LogP contribution >= 0.6 is 0 Å². The molecule has 0 aliphatic carbocycles. The van der Waals surface area contributed by atoms with Gasteiger partial charge in [-0.15, -0.1) is 6.42 Å². The normalized spacial score (nSPS) is 24.5. The van der Waals surface area contributed by atoms with Crippen molar-refractivity contribution in [2.45, 2.75) is 24.9 Å².